The van der Waals surface area contributed by atoms with Gasteiger partial charge in [-0.25, -0.2) is 0 Å². The van der Waals surface area contributed by atoms with Crippen LogP contribution in [0.4, 0.5) is 11.4 Å². The Balaban J connectivity index is 1.35. The van der Waals surface area contributed by atoms with Crippen LogP contribution in [0.1, 0.15) is 26.7 Å². The molecule has 5 aromatic carbocycles. The zero-order valence-electron chi connectivity index (χ0n) is 26.1. The van der Waals surface area contributed by atoms with Crippen LogP contribution in [-0.2, 0) is 9.59 Å². The molecule has 0 aliphatic heterocycles. The molecule has 3 N–H and O–H groups in total. The second kappa shape index (κ2) is 16.4. The number of hydrogen-bond acceptors (Lipinski definition) is 6. The summed E-state index contributed by atoms with van der Waals surface area (Å²) in [5, 5.41) is 8.60. The number of benzene rings is 5. The lowest BCUT2D eigenvalue weighted by molar-refractivity contribution is -0.116. The van der Waals surface area contributed by atoms with Crippen LogP contribution >= 0.6 is 23.4 Å². The van der Waals surface area contributed by atoms with Gasteiger partial charge in [0.25, 0.3) is 11.8 Å². The van der Waals surface area contributed by atoms with E-state index in [1.54, 1.807) is 98.1 Å². The number of ether oxygens (including phenoxy) is 2. The quantitative estimate of drug-likeness (QED) is 0.0908. The van der Waals surface area contributed by atoms with Crippen molar-refractivity contribution in [3.05, 3.63) is 155 Å². The highest BCUT2D eigenvalue weighted by Crippen LogP contribution is 2.37. The number of carbonyl (C=O) groups excluding carboxylic acids is 3. The van der Waals surface area contributed by atoms with E-state index in [-0.39, 0.29) is 11.6 Å². The molecular weight excluding hydrogens is 646 g/mol. The first kappa shape index (κ1) is 33.8. The smallest absolute Gasteiger partial charge is 0.272 e. The molecule has 0 aromatic heterocycles. The summed E-state index contributed by atoms with van der Waals surface area (Å²) >= 11 is 7.39. The van der Waals surface area contributed by atoms with Gasteiger partial charge in [0.15, 0.2) is 0 Å². The standard InChI is InChI=1S/C38H32ClN3O5S/c1-46-31-20-13-27(34(24-31)47-2)23-33(42-36(43)26-11-7-4-8-12-26)37(44)40-30-18-21-32(22-19-30)48-35(25-9-5-3-6-10-25)38(45)41-29-16-14-28(39)15-17-29/h3-24,35H,1-2H3,(H,40,44)(H,41,45)(H,42,43)/b33-23-. The SMILES string of the molecule is COc1ccc(/C=C(\NC(=O)c2ccccc2)C(=O)Nc2ccc(SC(C(=O)Nc3ccc(Cl)cc3)c3ccccc3)cc2)c(OC)c1. The molecule has 1 atom stereocenters. The molecule has 10 heteroatoms. The zero-order chi connectivity index (χ0) is 33.9. The number of methoxy groups -OCH3 is 2. The lowest BCUT2D eigenvalue weighted by Gasteiger charge is -2.17. The number of halogens is 1. The minimum Gasteiger partial charge on any atom is -0.497 e. The van der Waals surface area contributed by atoms with Gasteiger partial charge in [-0.2, -0.15) is 0 Å². The molecule has 0 aliphatic rings. The van der Waals surface area contributed by atoms with E-state index < -0.39 is 17.1 Å². The molecule has 0 aliphatic carbocycles. The van der Waals surface area contributed by atoms with Gasteiger partial charge in [0.05, 0.1) is 14.2 Å². The van der Waals surface area contributed by atoms with Gasteiger partial charge < -0.3 is 25.4 Å². The number of hydrogen-bond donors (Lipinski definition) is 3. The summed E-state index contributed by atoms with van der Waals surface area (Å²) in [6, 6.07) is 37.3. The Kier molecular flexibility index (Phi) is 11.5. The zero-order valence-corrected chi connectivity index (χ0v) is 27.7. The normalized spacial score (nSPS) is 11.6. The van der Waals surface area contributed by atoms with E-state index >= 15 is 0 Å². The minimum atomic E-state index is -0.551. The Bertz CT molecular complexity index is 1900. The largest absolute Gasteiger partial charge is 0.497 e. The molecule has 0 saturated carbocycles. The van der Waals surface area contributed by atoms with Crippen molar-refractivity contribution in [3.63, 3.8) is 0 Å². The summed E-state index contributed by atoms with van der Waals surface area (Å²) in [6.45, 7) is 0. The van der Waals surface area contributed by atoms with E-state index in [0.29, 0.717) is 39.0 Å². The number of nitrogens with one attached hydrogen (secondary N) is 3. The van der Waals surface area contributed by atoms with Gasteiger partial charge in [0, 0.05) is 38.5 Å². The van der Waals surface area contributed by atoms with Crippen molar-refractivity contribution in [2.45, 2.75) is 10.1 Å². The molecule has 0 radical (unpaired) electrons. The maximum atomic E-state index is 13.6. The van der Waals surface area contributed by atoms with Gasteiger partial charge in [0.1, 0.15) is 22.4 Å². The lowest BCUT2D eigenvalue weighted by Crippen LogP contribution is -2.30. The summed E-state index contributed by atoms with van der Waals surface area (Å²) in [5.74, 6) is -0.132. The van der Waals surface area contributed by atoms with Crippen LogP contribution in [0.2, 0.25) is 5.02 Å². The predicted octanol–water partition coefficient (Wildman–Crippen LogP) is 8.24. The predicted molar refractivity (Wildman–Crippen MR) is 192 cm³/mol. The summed E-state index contributed by atoms with van der Waals surface area (Å²) < 4.78 is 10.8. The molecule has 0 heterocycles. The van der Waals surface area contributed by atoms with E-state index in [4.69, 9.17) is 21.1 Å². The summed E-state index contributed by atoms with van der Waals surface area (Å²) in [6.07, 6.45) is 1.54. The fraction of sp³-hybridized carbons (Fsp3) is 0.0789. The Hall–Kier alpha value is -5.51. The molecule has 0 fully saturated rings. The highest BCUT2D eigenvalue weighted by molar-refractivity contribution is 8.00. The van der Waals surface area contributed by atoms with Crippen molar-refractivity contribution in [1.29, 1.82) is 0 Å². The van der Waals surface area contributed by atoms with Crippen molar-refractivity contribution in [3.8, 4) is 11.5 Å². The van der Waals surface area contributed by atoms with Crippen LogP contribution in [0, 0.1) is 0 Å². The highest BCUT2D eigenvalue weighted by atomic mass is 35.5. The second-order valence-corrected chi connectivity index (χ2v) is 12.0. The van der Waals surface area contributed by atoms with Crippen molar-refractivity contribution in [2.24, 2.45) is 0 Å². The number of thioether (sulfide) groups is 1. The molecule has 0 spiro atoms. The fourth-order valence-corrected chi connectivity index (χ4v) is 5.78. The maximum absolute atomic E-state index is 13.6. The van der Waals surface area contributed by atoms with Gasteiger partial charge in [-0.15, -0.1) is 11.8 Å². The molecule has 1 unspecified atom stereocenters. The van der Waals surface area contributed by atoms with Crippen LogP contribution in [-0.4, -0.2) is 31.9 Å². The average molecular weight is 678 g/mol. The number of amides is 3. The molecule has 0 bridgehead atoms. The van der Waals surface area contributed by atoms with Gasteiger partial charge in [-0.1, -0.05) is 60.1 Å². The number of carbonyl (C=O) groups is 3. The van der Waals surface area contributed by atoms with E-state index in [2.05, 4.69) is 16.0 Å². The number of anilines is 2. The molecule has 3 amide bonds. The van der Waals surface area contributed by atoms with E-state index in [0.717, 1.165) is 10.5 Å². The molecule has 5 aromatic rings. The summed E-state index contributed by atoms with van der Waals surface area (Å²) in [5.41, 5.74) is 2.94. The highest BCUT2D eigenvalue weighted by Gasteiger charge is 2.23. The first-order chi connectivity index (χ1) is 23.3. The third kappa shape index (κ3) is 9.06. The van der Waals surface area contributed by atoms with Crippen molar-refractivity contribution in [1.82, 2.24) is 5.32 Å². The molecule has 242 valence electrons. The van der Waals surface area contributed by atoms with E-state index in [1.165, 1.54) is 18.9 Å². The van der Waals surface area contributed by atoms with Gasteiger partial charge in [-0.05, 0) is 84.4 Å². The molecule has 48 heavy (non-hydrogen) atoms. The van der Waals surface area contributed by atoms with Crippen LogP contribution in [0.3, 0.4) is 0 Å². The topological polar surface area (TPSA) is 106 Å². The van der Waals surface area contributed by atoms with Gasteiger partial charge in [-0.3, -0.25) is 14.4 Å². The van der Waals surface area contributed by atoms with E-state index in [9.17, 15) is 14.4 Å². The van der Waals surface area contributed by atoms with Crippen LogP contribution in [0.25, 0.3) is 6.08 Å². The van der Waals surface area contributed by atoms with Crippen LogP contribution in [0.15, 0.2) is 138 Å². The van der Waals surface area contributed by atoms with E-state index in [1.807, 2.05) is 42.5 Å². The van der Waals surface area contributed by atoms with Crippen molar-refractivity contribution in [2.75, 3.05) is 24.9 Å². The first-order valence-corrected chi connectivity index (χ1v) is 16.1. The summed E-state index contributed by atoms with van der Waals surface area (Å²) in [4.78, 5) is 40.9. The van der Waals surface area contributed by atoms with Crippen molar-refractivity contribution >= 4 is 58.5 Å². The number of rotatable bonds is 12. The van der Waals surface area contributed by atoms with Crippen molar-refractivity contribution < 1.29 is 23.9 Å². The fourth-order valence-electron chi connectivity index (χ4n) is 4.63. The third-order valence-electron chi connectivity index (χ3n) is 7.09. The van der Waals surface area contributed by atoms with Gasteiger partial charge >= 0.3 is 0 Å². The van der Waals surface area contributed by atoms with Gasteiger partial charge in [0.2, 0.25) is 5.91 Å². The molecular formula is C38H32ClN3O5S. The Labute approximate surface area is 288 Å². The maximum Gasteiger partial charge on any atom is 0.272 e. The van der Waals surface area contributed by atoms with Crippen LogP contribution in [0.5, 0.6) is 11.5 Å². The lowest BCUT2D eigenvalue weighted by atomic mass is 10.1. The third-order valence-corrected chi connectivity index (χ3v) is 8.61. The van der Waals surface area contributed by atoms with Crippen LogP contribution < -0.4 is 25.4 Å². The molecule has 5 rings (SSSR count). The summed E-state index contributed by atoms with van der Waals surface area (Å²) in [7, 11) is 3.06. The first-order valence-electron chi connectivity index (χ1n) is 14.8. The Morgan fingerprint density at radius 3 is 2.00 bits per heavy atom. The Morgan fingerprint density at radius 1 is 0.729 bits per heavy atom. The Morgan fingerprint density at radius 2 is 1.35 bits per heavy atom. The monoisotopic (exact) mass is 677 g/mol. The minimum absolute atomic E-state index is 0.00813. The second-order valence-electron chi connectivity index (χ2n) is 10.4. The average Bonchev–Trinajstić information content (AvgIpc) is 3.12. The molecule has 8 nitrogen and oxygen atoms in total. The molecule has 0 saturated heterocycles.